The Hall–Kier alpha value is -1.02. The van der Waals surface area contributed by atoms with Crippen LogP contribution in [0, 0.1) is 12.3 Å². The topological polar surface area (TPSA) is 15.3 Å². The molecule has 1 atom stereocenters. The first kappa shape index (κ1) is 12.4. The van der Waals surface area contributed by atoms with Crippen molar-refractivity contribution in [3.63, 3.8) is 0 Å². The molecule has 1 aliphatic rings. The van der Waals surface area contributed by atoms with E-state index in [4.69, 9.17) is 0 Å². The highest BCUT2D eigenvalue weighted by atomic mass is 15.2. The lowest BCUT2D eigenvalue weighted by molar-refractivity contribution is 0.362. The molecule has 94 valence electrons. The summed E-state index contributed by atoms with van der Waals surface area (Å²) in [5, 5.41) is 3.61. The lowest BCUT2D eigenvalue weighted by atomic mass is 9.93. The van der Waals surface area contributed by atoms with Crippen LogP contribution in [0.4, 0.5) is 5.69 Å². The van der Waals surface area contributed by atoms with Crippen LogP contribution in [0.5, 0.6) is 0 Å². The van der Waals surface area contributed by atoms with Crippen molar-refractivity contribution in [3.05, 3.63) is 29.8 Å². The minimum atomic E-state index is 0.328. The predicted octanol–water partition coefficient (Wildman–Crippen LogP) is 2.82. The first-order valence-electron chi connectivity index (χ1n) is 6.51. The quantitative estimate of drug-likeness (QED) is 0.801. The van der Waals surface area contributed by atoms with Gasteiger partial charge in [-0.05, 0) is 37.0 Å². The Morgan fingerprint density at radius 3 is 2.82 bits per heavy atom. The lowest BCUT2D eigenvalue weighted by Crippen LogP contribution is -2.35. The highest BCUT2D eigenvalue weighted by molar-refractivity contribution is 5.49. The Labute approximate surface area is 105 Å². The molecular formula is C15H24N2. The third-order valence-corrected chi connectivity index (χ3v) is 3.41. The van der Waals surface area contributed by atoms with Crippen molar-refractivity contribution in [2.75, 3.05) is 24.5 Å². The van der Waals surface area contributed by atoms with Gasteiger partial charge in [0.15, 0.2) is 0 Å². The molecule has 0 radical (unpaired) electrons. The molecule has 1 aromatic carbocycles. The average molecular weight is 232 g/mol. The Morgan fingerprint density at radius 2 is 2.12 bits per heavy atom. The van der Waals surface area contributed by atoms with Crippen LogP contribution >= 0.6 is 0 Å². The molecule has 1 fully saturated rings. The van der Waals surface area contributed by atoms with E-state index in [-0.39, 0.29) is 0 Å². The molecule has 1 aliphatic heterocycles. The zero-order valence-corrected chi connectivity index (χ0v) is 11.5. The molecule has 0 spiro atoms. The fourth-order valence-electron chi connectivity index (χ4n) is 2.50. The van der Waals surface area contributed by atoms with Crippen molar-refractivity contribution < 1.29 is 0 Å². The summed E-state index contributed by atoms with van der Waals surface area (Å²) in [5.74, 6) is 0. The van der Waals surface area contributed by atoms with Gasteiger partial charge < -0.3 is 10.2 Å². The Bertz CT molecular complexity index is 384. The second kappa shape index (κ2) is 4.69. The van der Waals surface area contributed by atoms with Gasteiger partial charge in [0.2, 0.25) is 0 Å². The van der Waals surface area contributed by atoms with Crippen LogP contribution in [0.15, 0.2) is 24.3 Å². The fourth-order valence-corrected chi connectivity index (χ4v) is 2.50. The van der Waals surface area contributed by atoms with Gasteiger partial charge in [-0.25, -0.2) is 0 Å². The molecule has 0 amide bonds. The first-order chi connectivity index (χ1) is 7.96. The van der Waals surface area contributed by atoms with E-state index >= 15 is 0 Å². The smallest absolute Gasteiger partial charge is 0.0369 e. The molecule has 0 aliphatic carbocycles. The zero-order chi connectivity index (χ0) is 12.5. The molecule has 1 N–H and O–H groups in total. The molecule has 0 aromatic heterocycles. The number of benzene rings is 1. The van der Waals surface area contributed by atoms with Crippen LogP contribution in [0.2, 0.25) is 0 Å². The summed E-state index contributed by atoms with van der Waals surface area (Å²) in [7, 11) is 0. The normalized spacial score (nSPS) is 24.5. The molecule has 1 saturated heterocycles. The van der Waals surface area contributed by atoms with Gasteiger partial charge in [0.1, 0.15) is 0 Å². The van der Waals surface area contributed by atoms with Crippen molar-refractivity contribution in [1.82, 2.24) is 5.32 Å². The minimum absolute atomic E-state index is 0.328. The van der Waals surface area contributed by atoms with E-state index in [1.165, 1.54) is 11.3 Å². The highest BCUT2D eigenvalue weighted by Crippen LogP contribution is 2.25. The van der Waals surface area contributed by atoms with Crippen molar-refractivity contribution in [3.8, 4) is 0 Å². The Kier molecular flexibility index (Phi) is 3.43. The van der Waals surface area contributed by atoms with Gasteiger partial charge in [-0.1, -0.05) is 26.0 Å². The number of hydrogen-bond donors (Lipinski definition) is 1. The summed E-state index contributed by atoms with van der Waals surface area (Å²) >= 11 is 0. The first-order valence-corrected chi connectivity index (χ1v) is 6.51. The largest absolute Gasteiger partial charge is 0.369 e. The molecule has 2 nitrogen and oxygen atoms in total. The van der Waals surface area contributed by atoms with Crippen LogP contribution in [0.1, 0.15) is 26.3 Å². The summed E-state index contributed by atoms with van der Waals surface area (Å²) in [5.41, 5.74) is 3.02. The van der Waals surface area contributed by atoms with Crippen molar-refractivity contribution in [1.29, 1.82) is 0 Å². The minimum Gasteiger partial charge on any atom is -0.369 e. The number of anilines is 1. The van der Waals surface area contributed by atoms with Crippen LogP contribution in [0.25, 0.3) is 0 Å². The van der Waals surface area contributed by atoms with Crippen LogP contribution in [-0.4, -0.2) is 25.7 Å². The molecule has 0 saturated carbocycles. The maximum atomic E-state index is 3.61. The maximum absolute atomic E-state index is 3.61. The van der Waals surface area contributed by atoms with Gasteiger partial charge in [-0.15, -0.1) is 0 Å². The third kappa shape index (κ3) is 3.22. The Balaban J connectivity index is 2.23. The van der Waals surface area contributed by atoms with E-state index in [1.807, 2.05) is 0 Å². The standard InChI is InChI=1S/C15H24N2/c1-12-6-5-7-14(8-12)17-9-13(2)16-10-15(3,4)11-17/h5-8,13,16H,9-11H2,1-4H3. The Morgan fingerprint density at radius 1 is 1.35 bits per heavy atom. The van der Waals surface area contributed by atoms with E-state index in [2.05, 4.69) is 62.2 Å². The zero-order valence-electron chi connectivity index (χ0n) is 11.5. The second-order valence-corrected chi connectivity index (χ2v) is 6.17. The second-order valence-electron chi connectivity index (χ2n) is 6.17. The van der Waals surface area contributed by atoms with E-state index in [1.54, 1.807) is 0 Å². The maximum Gasteiger partial charge on any atom is 0.0369 e. The molecule has 2 heteroatoms. The van der Waals surface area contributed by atoms with Crippen LogP contribution in [-0.2, 0) is 0 Å². The molecule has 1 aromatic rings. The number of nitrogens with one attached hydrogen (secondary N) is 1. The van der Waals surface area contributed by atoms with Gasteiger partial charge in [-0.3, -0.25) is 0 Å². The number of hydrogen-bond acceptors (Lipinski definition) is 2. The summed E-state index contributed by atoms with van der Waals surface area (Å²) in [6.45, 7) is 12.4. The number of rotatable bonds is 1. The van der Waals surface area contributed by atoms with Gasteiger partial charge in [0.25, 0.3) is 0 Å². The summed E-state index contributed by atoms with van der Waals surface area (Å²) < 4.78 is 0. The predicted molar refractivity (Wildman–Crippen MR) is 74.6 cm³/mol. The van der Waals surface area contributed by atoms with E-state index in [0.29, 0.717) is 11.5 Å². The summed E-state index contributed by atoms with van der Waals surface area (Å²) in [6.07, 6.45) is 0. The molecule has 17 heavy (non-hydrogen) atoms. The molecule has 1 heterocycles. The van der Waals surface area contributed by atoms with E-state index in [0.717, 1.165) is 19.6 Å². The highest BCUT2D eigenvalue weighted by Gasteiger charge is 2.27. The number of aryl methyl sites for hydroxylation is 1. The SMILES string of the molecule is Cc1cccc(N2CC(C)NCC(C)(C)C2)c1. The summed E-state index contributed by atoms with van der Waals surface area (Å²) in [6, 6.07) is 9.38. The van der Waals surface area contributed by atoms with Gasteiger partial charge >= 0.3 is 0 Å². The molecule has 2 rings (SSSR count). The molecular weight excluding hydrogens is 208 g/mol. The van der Waals surface area contributed by atoms with E-state index in [9.17, 15) is 0 Å². The fraction of sp³-hybridized carbons (Fsp3) is 0.600. The van der Waals surface area contributed by atoms with Crippen LogP contribution in [0.3, 0.4) is 0 Å². The monoisotopic (exact) mass is 232 g/mol. The third-order valence-electron chi connectivity index (χ3n) is 3.41. The van der Waals surface area contributed by atoms with Crippen molar-refractivity contribution in [2.45, 2.75) is 33.7 Å². The lowest BCUT2D eigenvalue weighted by Gasteiger charge is -2.31. The average Bonchev–Trinajstić information content (AvgIpc) is 2.38. The number of nitrogens with zero attached hydrogens (tertiary/aromatic N) is 1. The summed E-state index contributed by atoms with van der Waals surface area (Å²) in [4.78, 5) is 2.51. The van der Waals surface area contributed by atoms with Gasteiger partial charge in [0.05, 0.1) is 0 Å². The van der Waals surface area contributed by atoms with Crippen molar-refractivity contribution >= 4 is 5.69 Å². The van der Waals surface area contributed by atoms with E-state index < -0.39 is 0 Å². The van der Waals surface area contributed by atoms with Crippen molar-refractivity contribution in [2.24, 2.45) is 5.41 Å². The van der Waals surface area contributed by atoms with Crippen LogP contribution < -0.4 is 10.2 Å². The molecule has 0 bridgehead atoms. The molecule has 1 unspecified atom stereocenters. The van der Waals surface area contributed by atoms with Gasteiger partial charge in [0, 0.05) is 31.4 Å². The van der Waals surface area contributed by atoms with Gasteiger partial charge in [-0.2, -0.15) is 0 Å².